The standard InChI is InChI=1S/C5H6N4O/c10-4-1-3(2-4)5-6-8-9-7-5/h3H,1-2H2,(H,6,7,8,9). The molecule has 0 amide bonds. The molecule has 1 aliphatic carbocycles. The Balaban J connectivity index is 2.10. The van der Waals surface area contributed by atoms with Gasteiger partial charge in [-0.1, -0.05) is 5.21 Å². The number of aromatic nitrogens is 4. The summed E-state index contributed by atoms with van der Waals surface area (Å²) in [6.07, 6.45) is 1.17. The number of ketones is 1. The second-order valence-electron chi connectivity index (χ2n) is 2.41. The Hall–Kier alpha value is -1.26. The first-order chi connectivity index (χ1) is 4.86. The molecule has 5 heteroatoms. The summed E-state index contributed by atoms with van der Waals surface area (Å²) in [5, 5.41) is 13.3. The number of hydrogen-bond acceptors (Lipinski definition) is 4. The number of rotatable bonds is 1. The third kappa shape index (κ3) is 0.706. The summed E-state index contributed by atoms with van der Waals surface area (Å²) in [6, 6.07) is 0. The van der Waals surface area contributed by atoms with Crippen LogP contribution in [0.5, 0.6) is 0 Å². The van der Waals surface area contributed by atoms with Crippen molar-refractivity contribution in [1.29, 1.82) is 0 Å². The monoisotopic (exact) mass is 138 g/mol. The van der Waals surface area contributed by atoms with E-state index >= 15 is 0 Å². The van der Waals surface area contributed by atoms with Gasteiger partial charge in [0.1, 0.15) is 5.78 Å². The summed E-state index contributed by atoms with van der Waals surface area (Å²) in [5.41, 5.74) is 0. The van der Waals surface area contributed by atoms with Gasteiger partial charge in [-0.2, -0.15) is 5.21 Å². The Kier molecular flexibility index (Phi) is 1.03. The van der Waals surface area contributed by atoms with Gasteiger partial charge in [-0.25, -0.2) is 0 Å². The van der Waals surface area contributed by atoms with Crippen molar-refractivity contribution in [3.05, 3.63) is 5.82 Å². The number of nitrogens with zero attached hydrogens (tertiary/aromatic N) is 3. The number of hydrogen-bond donors (Lipinski definition) is 1. The summed E-state index contributed by atoms with van der Waals surface area (Å²) in [4.78, 5) is 10.5. The van der Waals surface area contributed by atoms with Crippen molar-refractivity contribution in [2.45, 2.75) is 18.8 Å². The molecular formula is C5H6N4O. The summed E-state index contributed by atoms with van der Waals surface area (Å²) in [7, 11) is 0. The highest BCUT2D eigenvalue weighted by Gasteiger charge is 2.30. The van der Waals surface area contributed by atoms with Gasteiger partial charge >= 0.3 is 0 Å². The third-order valence-corrected chi connectivity index (χ3v) is 1.68. The normalized spacial score (nSPS) is 19.0. The molecule has 1 saturated carbocycles. The Labute approximate surface area is 56.8 Å². The Bertz CT molecular complexity index is 234. The maximum Gasteiger partial charge on any atom is 0.178 e. The molecule has 0 aliphatic heterocycles. The zero-order chi connectivity index (χ0) is 6.97. The minimum Gasteiger partial charge on any atom is -0.300 e. The van der Waals surface area contributed by atoms with Crippen molar-refractivity contribution in [1.82, 2.24) is 20.6 Å². The van der Waals surface area contributed by atoms with Gasteiger partial charge < -0.3 is 0 Å². The van der Waals surface area contributed by atoms with Crippen molar-refractivity contribution >= 4 is 5.78 Å². The lowest BCUT2D eigenvalue weighted by Crippen LogP contribution is -2.22. The smallest absolute Gasteiger partial charge is 0.178 e. The van der Waals surface area contributed by atoms with Gasteiger partial charge in [0.05, 0.1) is 0 Å². The molecule has 0 aromatic carbocycles. The summed E-state index contributed by atoms with van der Waals surface area (Å²) < 4.78 is 0. The maximum atomic E-state index is 10.5. The van der Waals surface area contributed by atoms with Crippen molar-refractivity contribution in [2.75, 3.05) is 0 Å². The predicted molar refractivity (Wildman–Crippen MR) is 31.2 cm³/mol. The largest absolute Gasteiger partial charge is 0.300 e. The van der Waals surface area contributed by atoms with Crippen LogP contribution >= 0.6 is 0 Å². The molecule has 1 fully saturated rings. The van der Waals surface area contributed by atoms with Crippen LogP contribution in [0.25, 0.3) is 0 Å². The van der Waals surface area contributed by atoms with E-state index in [-0.39, 0.29) is 11.7 Å². The lowest BCUT2D eigenvalue weighted by atomic mass is 9.84. The van der Waals surface area contributed by atoms with Crippen LogP contribution in [0.2, 0.25) is 0 Å². The molecule has 10 heavy (non-hydrogen) atoms. The molecule has 2 rings (SSSR count). The van der Waals surface area contributed by atoms with Gasteiger partial charge in [0.2, 0.25) is 0 Å². The summed E-state index contributed by atoms with van der Waals surface area (Å²) in [6.45, 7) is 0. The molecule has 1 aliphatic rings. The van der Waals surface area contributed by atoms with Crippen LogP contribution in [-0.2, 0) is 4.79 Å². The molecule has 1 N–H and O–H groups in total. The van der Waals surface area contributed by atoms with Gasteiger partial charge in [-0.05, 0) is 0 Å². The Morgan fingerprint density at radius 1 is 1.50 bits per heavy atom. The van der Waals surface area contributed by atoms with Crippen LogP contribution in [-0.4, -0.2) is 26.4 Å². The van der Waals surface area contributed by atoms with E-state index in [0.717, 1.165) is 0 Å². The molecule has 0 atom stereocenters. The van der Waals surface area contributed by atoms with Crippen LogP contribution in [0.4, 0.5) is 0 Å². The molecule has 0 radical (unpaired) electrons. The zero-order valence-electron chi connectivity index (χ0n) is 5.24. The molecule has 1 heterocycles. The molecule has 52 valence electrons. The number of carbonyl (C=O) groups excluding carboxylic acids is 1. The number of tetrazole rings is 1. The first kappa shape index (κ1) is 5.52. The van der Waals surface area contributed by atoms with Crippen molar-refractivity contribution < 1.29 is 4.79 Å². The molecular weight excluding hydrogens is 132 g/mol. The van der Waals surface area contributed by atoms with Crippen LogP contribution in [0, 0.1) is 0 Å². The van der Waals surface area contributed by atoms with E-state index < -0.39 is 0 Å². The fourth-order valence-electron chi connectivity index (χ4n) is 1.01. The number of aromatic amines is 1. The molecule has 0 spiro atoms. The average molecular weight is 138 g/mol. The van der Waals surface area contributed by atoms with Gasteiger partial charge in [0.15, 0.2) is 5.82 Å². The summed E-state index contributed by atoms with van der Waals surface area (Å²) in [5.74, 6) is 1.18. The highest BCUT2D eigenvalue weighted by molar-refractivity contribution is 5.86. The van der Waals surface area contributed by atoms with Crippen molar-refractivity contribution in [2.24, 2.45) is 0 Å². The third-order valence-electron chi connectivity index (χ3n) is 1.68. The number of H-pyrrole nitrogens is 1. The lowest BCUT2D eigenvalue weighted by molar-refractivity contribution is -0.124. The van der Waals surface area contributed by atoms with E-state index in [1.165, 1.54) is 0 Å². The molecule has 1 aromatic rings. The first-order valence-corrected chi connectivity index (χ1v) is 3.11. The van der Waals surface area contributed by atoms with Crippen LogP contribution in [0.1, 0.15) is 24.6 Å². The van der Waals surface area contributed by atoms with Gasteiger partial charge in [-0.3, -0.25) is 4.79 Å². The minimum atomic E-state index is 0.228. The number of nitrogens with one attached hydrogen (secondary N) is 1. The van der Waals surface area contributed by atoms with E-state index in [2.05, 4.69) is 20.6 Å². The average Bonchev–Trinajstić information content (AvgIpc) is 2.31. The second-order valence-corrected chi connectivity index (χ2v) is 2.41. The van der Waals surface area contributed by atoms with Crippen molar-refractivity contribution in [3.63, 3.8) is 0 Å². The van der Waals surface area contributed by atoms with Gasteiger partial charge in [0.25, 0.3) is 0 Å². The summed E-state index contributed by atoms with van der Waals surface area (Å²) >= 11 is 0. The predicted octanol–water partition coefficient (Wildman–Crippen LogP) is -0.354. The molecule has 0 unspecified atom stereocenters. The highest BCUT2D eigenvalue weighted by Crippen LogP contribution is 2.30. The molecule has 0 saturated heterocycles. The Morgan fingerprint density at radius 3 is 2.80 bits per heavy atom. The maximum absolute atomic E-state index is 10.5. The second kappa shape index (κ2) is 1.86. The van der Waals surface area contributed by atoms with E-state index in [0.29, 0.717) is 18.7 Å². The van der Waals surface area contributed by atoms with Gasteiger partial charge in [-0.15, -0.1) is 10.2 Å². The van der Waals surface area contributed by atoms with E-state index in [4.69, 9.17) is 0 Å². The SMILES string of the molecule is O=C1CC(c2nn[nH]n2)C1. The van der Waals surface area contributed by atoms with E-state index in [9.17, 15) is 4.79 Å². The lowest BCUT2D eigenvalue weighted by Gasteiger charge is -2.19. The van der Waals surface area contributed by atoms with Gasteiger partial charge in [0, 0.05) is 18.8 Å². The zero-order valence-corrected chi connectivity index (χ0v) is 5.24. The van der Waals surface area contributed by atoms with Crippen LogP contribution < -0.4 is 0 Å². The first-order valence-electron chi connectivity index (χ1n) is 3.11. The topological polar surface area (TPSA) is 71.5 Å². The molecule has 5 nitrogen and oxygen atoms in total. The fraction of sp³-hybridized carbons (Fsp3) is 0.600. The molecule has 1 aromatic heterocycles. The number of Topliss-reactive ketones (excluding diaryl/α,β-unsaturated/α-hetero) is 1. The van der Waals surface area contributed by atoms with Crippen molar-refractivity contribution in [3.8, 4) is 0 Å². The van der Waals surface area contributed by atoms with E-state index in [1.54, 1.807) is 0 Å². The van der Waals surface area contributed by atoms with E-state index in [1.807, 2.05) is 0 Å². The van der Waals surface area contributed by atoms with Crippen LogP contribution in [0.15, 0.2) is 0 Å². The number of carbonyl (C=O) groups is 1. The molecule has 0 bridgehead atoms. The quantitative estimate of drug-likeness (QED) is 0.575. The fourth-order valence-corrected chi connectivity index (χ4v) is 1.01. The Morgan fingerprint density at radius 2 is 2.30 bits per heavy atom. The van der Waals surface area contributed by atoms with Crippen LogP contribution in [0.3, 0.4) is 0 Å². The highest BCUT2D eigenvalue weighted by atomic mass is 16.1. The minimum absolute atomic E-state index is 0.228.